The third-order valence-corrected chi connectivity index (χ3v) is 4.35. The van der Waals surface area contributed by atoms with Gasteiger partial charge < -0.3 is 15.0 Å². The van der Waals surface area contributed by atoms with Gasteiger partial charge in [-0.1, -0.05) is 6.92 Å². The summed E-state index contributed by atoms with van der Waals surface area (Å²) in [5.74, 6) is 0.357. The molecule has 1 aromatic rings. The van der Waals surface area contributed by atoms with Crippen molar-refractivity contribution in [1.82, 2.24) is 5.32 Å². The van der Waals surface area contributed by atoms with Gasteiger partial charge in [-0.05, 0) is 31.7 Å². The van der Waals surface area contributed by atoms with Crippen molar-refractivity contribution in [1.29, 1.82) is 0 Å². The fourth-order valence-corrected chi connectivity index (χ4v) is 2.94. The molecule has 1 fully saturated rings. The SMILES string of the molecule is COCC(C)NC(=O)c1cc([N+](=O)[O-])ccc1N1CCC(C)CC1. The zero-order chi connectivity index (χ0) is 17.7. The highest BCUT2D eigenvalue weighted by molar-refractivity contribution is 6.00. The molecule has 0 radical (unpaired) electrons. The summed E-state index contributed by atoms with van der Waals surface area (Å²) in [6.45, 7) is 6.14. The number of anilines is 1. The van der Waals surface area contributed by atoms with Gasteiger partial charge in [-0.15, -0.1) is 0 Å². The first-order chi connectivity index (χ1) is 11.4. The molecule has 0 bridgehead atoms. The number of non-ortho nitro benzene ring substituents is 1. The highest BCUT2D eigenvalue weighted by Gasteiger charge is 2.24. The summed E-state index contributed by atoms with van der Waals surface area (Å²) < 4.78 is 5.03. The number of hydrogen-bond acceptors (Lipinski definition) is 5. The lowest BCUT2D eigenvalue weighted by molar-refractivity contribution is -0.384. The number of amides is 1. The second-order valence-electron chi connectivity index (χ2n) is 6.46. The smallest absolute Gasteiger partial charge is 0.270 e. The number of benzene rings is 1. The molecule has 0 aromatic heterocycles. The lowest BCUT2D eigenvalue weighted by atomic mass is 9.97. The summed E-state index contributed by atoms with van der Waals surface area (Å²) in [6.07, 6.45) is 2.11. The molecule has 1 unspecified atom stereocenters. The molecule has 1 saturated heterocycles. The number of ether oxygens (including phenoxy) is 1. The van der Waals surface area contributed by atoms with Crippen molar-refractivity contribution in [3.63, 3.8) is 0 Å². The molecular formula is C17H25N3O4. The fraction of sp³-hybridized carbons (Fsp3) is 0.588. The van der Waals surface area contributed by atoms with Crippen molar-refractivity contribution in [3.05, 3.63) is 33.9 Å². The fourth-order valence-electron chi connectivity index (χ4n) is 2.94. The van der Waals surface area contributed by atoms with Crippen molar-refractivity contribution < 1.29 is 14.5 Å². The van der Waals surface area contributed by atoms with Crippen LogP contribution in [0.4, 0.5) is 11.4 Å². The van der Waals surface area contributed by atoms with Crippen LogP contribution in [0.25, 0.3) is 0 Å². The maximum absolute atomic E-state index is 12.6. The average molecular weight is 335 g/mol. The predicted molar refractivity (Wildman–Crippen MR) is 92.5 cm³/mol. The van der Waals surface area contributed by atoms with Crippen molar-refractivity contribution in [3.8, 4) is 0 Å². The zero-order valence-corrected chi connectivity index (χ0v) is 14.4. The second-order valence-corrected chi connectivity index (χ2v) is 6.46. The third-order valence-electron chi connectivity index (χ3n) is 4.35. The summed E-state index contributed by atoms with van der Waals surface area (Å²) in [5.41, 5.74) is 1.03. The predicted octanol–water partition coefficient (Wildman–Crippen LogP) is 2.60. The Morgan fingerprint density at radius 1 is 1.46 bits per heavy atom. The molecule has 7 nitrogen and oxygen atoms in total. The number of carbonyl (C=O) groups excluding carboxylic acids is 1. The minimum absolute atomic E-state index is 0.0753. The van der Waals surface area contributed by atoms with E-state index in [-0.39, 0.29) is 17.6 Å². The van der Waals surface area contributed by atoms with Gasteiger partial charge in [-0.25, -0.2) is 0 Å². The van der Waals surface area contributed by atoms with Crippen LogP contribution in [0.5, 0.6) is 0 Å². The summed E-state index contributed by atoms with van der Waals surface area (Å²) in [4.78, 5) is 25.4. The van der Waals surface area contributed by atoms with Crippen LogP contribution in [0.2, 0.25) is 0 Å². The molecule has 0 aliphatic carbocycles. The second kappa shape index (κ2) is 8.10. The highest BCUT2D eigenvalue weighted by atomic mass is 16.6. The van der Waals surface area contributed by atoms with E-state index in [1.165, 1.54) is 12.1 Å². The van der Waals surface area contributed by atoms with Gasteiger partial charge in [0.2, 0.25) is 0 Å². The topological polar surface area (TPSA) is 84.7 Å². The summed E-state index contributed by atoms with van der Waals surface area (Å²) in [7, 11) is 1.57. The number of nitro benzene ring substituents is 1. The van der Waals surface area contributed by atoms with Crippen molar-refractivity contribution >= 4 is 17.3 Å². The largest absolute Gasteiger partial charge is 0.383 e. The minimum Gasteiger partial charge on any atom is -0.383 e. The van der Waals surface area contributed by atoms with E-state index in [0.29, 0.717) is 18.1 Å². The zero-order valence-electron chi connectivity index (χ0n) is 14.4. The van der Waals surface area contributed by atoms with Crippen LogP contribution in [-0.4, -0.2) is 43.7 Å². The molecule has 1 heterocycles. The van der Waals surface area contributed by atoms with E-state index in [9.17, 15) is 14.9 Å². The molecule has 2 rings (SSSR count). The average Bonchev–Trinajstić information content (AvgIpc) is 2.55. The molecule has 132 valence electrons. The number of methoxy groups -OCH3 is 1. The first kappa shape index (κ1) is 18.2. The van der Waals surface area contributed by atoms with E-state index in [2.05, 4.69) is 17.1 Å². The van der Waals surface area contributed by atoms with Crippen molar-refractivity contribution in [2.75, 3.05) is 31.7 Å². The number of nitro groups is 1. The van der Waals surface area contributed by atoms with E-state index < -0.39 is 4.92 Å². The lowest BCUT2D eigenvalue weighted by Gasteiger charge is -2.33. The Labute approximate surface area is 142 Å². The Balaban J connectivity index is 2.29. The number of carbonyl (C=O) groups is 1. The Kier molecular flexibility index (Phi) is 6.14. The van der Waals surface area contributed by atoms with Gasteiger partial charge >= 0.3 is 0 Å². The van der Waals surface area contributed by atoms with Crippen LogP contribution in [0.3, 0.4) is 0 Å². The molecule has 7 heteroatoms. The Hall–Kier alpha value is -2.15. The van der Waals surface area contributed by atoms with Crippen molar-refractivity contribution in [2.24, 2.45) is 5.92 Å². The Morgan fingerprint density at radius 3 is 2.71 bits per heavy atom. The summed E-state index contributed by atoms with van der Waals surface area (Å²) in [5, 5.41) is 13.9. The van der Waals surface area contributed by atoms with E-state index in [1.54, 1.807) is 13.2 Å². The maximum Gasteiger partial charge on any atom is 0.270 e. The molecule has 1 N–H and O–H groups in total. The number of nitrogens with zero attached hydrogens (tertiary/aromatic N) is 2. The molecule has 0 saturated carbocycles. The minimum atomic E-state index is -0.475. The standard InChI is InChI=1S/C17H25N3O4/c1-12-6-8-19(9-7-12)16-5-4-14(20(22)23)10-15(16)17(21)18-13(2)11-24-3/h4-5,10,12-13H,6-9,11H2,1-3H3,(H,18,21). The van der Waals surface area contributed by atoms with Crippen LogP contribution >= 0.6 is 0 Å². The van der Waals surface area contributed by atoms with Crippen LogP contribution in [-0.2, 0) is 4.74 Å². The molecule has 1 atom stereocenters. The molecule has 1 amide bonds. The van der Waals surface area contributed by atoms with Gasteiger partial charge in [0.15, 0.2) is 0 Å². The quantitative estimate of drug-likeness (QED) is 0.638. The highest BCUT2D eigenvalue weighted by Crippen LogP contribution is 2.29. The molecule has 1 aliphatic rings. The molecule has 24 heavy (non-hydrogen) atoms. The van der Waals surface area contributed by atoms with Crippen molar-refractivity contribution in [2.45, 2.75) is 32.7 Å². The van der Waals surface area contributed by atoms with E-state index in [1.807, 2.05) is 6.92 Å². The maximum atomic E-state index is 12.6. The molecule has 1 aromatic carbocycles. The molecular weight excluding hydrogens is 310 g/mol. The van der Waals surface area contributed by atoms with Crippen LogP contribution in [0.1, 0.15) is 37.0 Å². The van der Waals surface area contributed by atoms with Gasteiger partial charge in [-0.2, -0.15) is 0 Å². The summed E-state index contributed by atoms with van der Waals surface area (Å²) in [6, 6.07) is 4.34. The van der Waals surface area contributed by atoms with Gasteiger partial charge in [0, 0.05) is 38.4 Å². The van der Waals surface area contributed by atoms with Crippen LogP contribution < -0.4 is 10.2 Å². The number of hydrogen-bond donors (Lipinski definition) is 1. The van der Waals surface area contributed by atoms with Gasteiger partial charge in [0.25, 0.3) is 11.6 Å². The van der Waals surface area contributed by atoms with Gasteiger partial charge in [0.1, 0.15) is 0 Å². The van der Waals surface area contributed by atoms with E-state index in [0.717, 1.165) is 31.6 Å². The lowest BCUT2D eigenvalue weighted by Crippen LogP contribution is -2.38. The Bertz CT molecular complexity index is 597. The number of nitrogens with one attached hydrogen (secondary N) is 1. The van der Waals surface area contributed by atoms with Crippen LogP contribution in [0.15, 0.2) is 18.2 Å². The van der Waals surface area contributed by atoms with E-state index >= 15 is 0 Å². The summed E-state index contributed by atoms with van der Waals surface area (Å²) >= 11 is 0. The normalized spacial score (nSPS) is 16.7. The third kappa shape index (κ3) is 4.44. The van der Waals surface area contributed by atoms with Gasteiger partial charge in [0.05, 0.1) is 22.8 Å². The molecule has 1 aliphatic heterocycles. The molecule has 0 spiro atoms. The number of piperidine rings is 1. The number of rotatable bonds is 6. The first-order valence-electron chi connectivity index (χ1n) is 8.25. The van der Waals surface area contributed by atoms with Gasteiger partial charge in [-0.3, -0.25) is 14.9 Å². The van der Waals surface area contributed by atoms with Crippen LogP contribution in [0, 0.1) is 16.0 Å². The Morgan fingerprint density at radius 2 is 2.12 bits per heavy atom. The van der Waals surface area contributed by atoms with E-state index in [4.69, 9.17) is 4.74 Å². The first-order valence-corrected chi connectivity index (χ1v) is 8.25. The monoisotopic (exact) mass is 335 g/mol.